The molecule has 9 heteroatoms. The van der Waals surface area contributed by atoms with Gasteiger partial charge in [-0.25, -0.2) is 9.67 Å². The Kier molecular flexibility index (Phi) is 5.12. The molecule has 0 bridgehead atoms. The van der Waals surface area contributed by atoms with Crippen molar-refractivity contribution in [3.05, 3.63) is 54.5 Å². The van der Waals surface area contributed by atoms with Gasteiger partial charge >= 0.3 is 0 Å². The van der Waals surface area contributed by atoms with Crippen molar-refractivity contribution in [1.29, 1.82) is 0 Å². The Labute approximate surface area is 191 Å². The van der Waals surface area contributed by atoms with Crippen LogP contribution in [0.4, 0.5) is 5.82 Å². The summed E-state index contributed by atoms with van der Waals surface area (Å²) in [6.07, 6.45) is 4.85. The standard InChI is InChI=1S/C24H25N7O2/c1-29-21(18-8-13-32-14-9-18)25-20-22(29)26-24(27-23(20)30-11-15-33-16-12-30)31-10-7-19(28-31)17-5-3-2-4-6-17/h2-8,10H,9,11-16H2,1H3. The molecule has 5 heterocycles. The third-order valence-electron chi connectivity index (χ3n) is 6.11. The molecule has 1 saturated heterocycles. The zero-order chi connectivity index (χ0) is 22.2. The van der Waals surface area contributed by atoms with Crippen molar-refractivity contribution in [3.8, 4) is 17.2 Å². The molecule has 0 unspecified atom stereocenters. The first kappa shape index (κ1) is 20.1. The first-order valence-corrected chi connectivity index (χ1v) is 11.2. The fourth-order valence-corrected chi connectivity index (χ4v) is 4.35. The maximum atomic E-state index is 5.57. The van der Waals surface area contributed by atoms with Gasteiger partial charge in [-0.3, -0.25) is 0 Å². The number of hydrogen-bond acceptors (Lipinski definition) is 7. The van der Waals surface area contributed by atoms with Gasteiger partial charge in [0.05, 0.1) is 32.1 Å². The highest BCUT2D eigenvalue weighted by molar-refractivity contribution is 5.87. The van der Waals surface area contributed by atoms with Gasteiger partial charge in [0.15, 0.2) is 17.0 Å². The molecule has 2 aliphatic heterocycles. The highest BCUT2D eigenvalue weighted by Gasteiger charge is 2.24. The molecule has 6 rings (SSSR count). The lowest BCUT2D eigenvalue weighted by atomic mass is 10.1. The molecule has 1 fully saturated rings. The molecule has 3 aromatic heterocycles. The number of fused-ring (bicyclic) bond motifs is 1. The maximum Gasteiger partial charge on any atom is 0.254 e. The second-order valence-corrected chi connectivity index (χ2v) is 8.18. The van der Waals surface area contributed by atoms with Gasteiger partial charge in [0.2, 0.25) is 0 Å². The van der Waals surface area contributed by atoms with Crippen LogP contribution in [-0.4, -0.2) is 68.8 Å². The minimum absolute atomic E-state index is 0.529. The van der Waals surface area contributed by atoms with E-state index in [9.17, 15) is 0 Å². The lowest BCUT2D eigenvalue weighted by molar-refractivity contribution is 0.122. The monoisotopic (exact) mass is 443 g/mol. The smallest absolute Gasteiger partial charge is 0.254 e. The SMILES string of the molecule is Cn1c(C2=CCOCC2)nc2c(N3CCOCC3)nc(-n3ccc(-c4ccccc4)n3)nc21. The summed E-state index contributed by atoms with van der Waals surface area (Å²) < 4.78 is 14.9. The molecule has 1 aromatic carbocycles. The van der Waals surface area contributed by atoms with Gasteiger partial charge in [-0.15, -0.1) is 0 Å². The largest absolute Gasteiger partial charge is 0.378 e. The topological polar surface area (TPSA) is 83.1 Å². The normalized spacial score (nSPS) is 16.9. The quantitative estimate of drug-likeness (QED) is 0.480. The molecule has 0 spiro atoms. The van der Waals surface area contributed by atoms with Crippen molar-refractivity contribution < 1.29 is 9.47 Å². The number of hydrogen-bond donors (Lipinski definition) is 0. The van der Waals surface area contributed by atoms with Gasteiger partial charge in [0.1, 0.15) is 5.82 Å². The molecule has 0 radical (unpaired) electrons. The van der Waals surface area contributed by atoms with Crippen LogP contribution in [0.15, 0.2) is 48.7 Å². The molecule has 0 aliphatic carbocycles. The van der Waals surface area contributed by atoms with E-state index in [0.717, 1.165) is 53.6 Å². The Balaban J connectivity index is 1.49. The van der Waals surface area contributed by atoms with E-state index in [4.69, 9.17) is 29.5 Å². The first-order valence-electron chi connectivity index (χ1n) is 11.2. The van der Waals surface area contributed by atoms with Crippen LogP contribution >= 0.6 is 0 Å². The number of aryl methyl sites for hydroxylation is 1. The summed E-state index contributed by atoms with van der Waals surface area (Å²) >= 11 is 0. The average Bonchev–Trinajstić information content (AvgIpc) is 3.51. The maximum absolute atomic E-state index is 5.57. The predicted octanol–water partition coefficient (Wildman–Crippen LogP) is 2.86. The van der Waals surface area contributed by atoms with Crippen LogP contribution in [0.1, 0.15) is 12.2 Å². The number of anilines is 1. The highest BCUT2D eigenvalue weighted by atomic mass is 16.5. The first-order chi connectivity index (χ1) is 16.3. The minimum atomic E-state index is 0.529. The average molecular weight is 444 g/mol. The highest BCUT2D eigenvalue weighted by Crippen LogP contribution is 2.30. The summed E-state index contributed by atoms with van der Waals surface area (Å²) in [6.45, 7) is 4.19. The number of imidazole rings is 1. The number of morpholine rings is 1. The van der Waals surface area contributed by atoms with Crippen LogP contribution in [0.25, 0.3) is 33.9 Å². The van der Waals surface area contributed by atoms with Crippen LogP contribution < -0.4 is 4.90 Å². The molecule has 0 amide bonds. The van der Waals surface area contributed by atoms with E-state index < -0.39 is 0 Å². The van der Waals surface area contributed by atoms with E-state index >= 15 is 0 Å². The fraction of sp³-hybridized carbons (Fsp3) is 0.333. The lowest BCUT2D eigenvalue weighted by Gasteiger charge is -2.28. The van der Waals surface area contributed by atoms with Crippen molar-refractivity contribution in [2.24, 2.45) is 7.05 Å². The number of aromatic nitrogens is 6. The van der Waals surface area contributed by atoms with Crippen LogP contribution in [0.2, 0.25) is 0 Å². The Hall–Kier alpha value is -3.56. The summed E-state index contributed by atoms with van der Waals surface area (Å²) in [5, 5.41) is 4.76. The summed E-state index contributed by atoms with van der Waals surface area (Å²) in [6, 6.07) is 12.1. The molecule has 168 valence electrons. The Bertz CT molecular complexity index is 1320. The molecule has 4 aromatic rings. The van der Waals surface area contributed by atoms with Crippen molar-refractivity contribution >= 4 is 22.6 Å². The van der Waals surface area contributed by atoms with E-state index in [1.165, 1.54) is 5.57 Å². The van der Waals surface area contributed by atoms with E-state index in [0.29, 0.717) is 32.4 Å². The van der Waals surface area contributed by atoms with Crippen molar-refractivity contribution in [3.63, 3.8) is 0 Å². The van der Waals surface area contributed by atoms with Crippen molar-refractivity contribution in [2.45, 2.75) is 6.42 Å². The second kappa shape index (κ2) is 8.42. The zero-order valence-electron chi connectivity index (χ0n) is 18.5. The molecule has 0 saturated carbocycles. The molecule has 0 N–H and O–H groups in total. The van der Waals surface area contributed by atoms with E-state index in [-0.39, 0.29) is 0 Å². The van der Waals surface area contributed by atoms with Crippen LogP contribution in [0.3, 0.4) is 0 Å². The Morgan fingerprint density at radius 1 is 0.909 bits per heavy atom. The summed E-state index contributed by atoms with van der Waals surface area (Å²) in [7, 11) is 2.01. The van der Waals surface area contributed by atoms with Crippen LogP contribution in [0.5, 0.6) is 0 Å². The van der Waals surface area contributed by atoms with E-state index in [2.05, 4.69) is 15.5 Å². The van der Waals surface area contributed by atoms with E-state index in [1.807, 2.05) is 49.6 Å². The molecule has 33 heavy (non-hydrogen) atoms. The second-order valence-electron chi connectivity index (χ2n) is 8.18. The third kappa shape index (κ3) is 3.69. The number of nitrogens with zero attached hydrogens (tertiary/aromatic N) is 7. The Morgan fingerprint density at radius 2 is 1.76 bits per heavy atom. The molecule has 9 nitrogen and oxygen atoms in total. The Morgan fingerprint density at radius 3 is 2.55 bits per heavy atom. The summed E-state index contributed by atoms with van der Waals surface area (Å²) in [5.41, 5.74) is 4.72. The van der Waals surface area contributed by atoms with Gasteiger partial charge in [0.25, 0.3) is 5.95 Å². The summed E-state index contributed by atoms with van der Waals surface area (Å²) in [4.78, 5) is 17.1. The van der Waals surface area contributed by atoms with Gasteiger partial charge in [-0.05, 0) is 18.1 Å². The molecule has 2 aliphatic rings. The van der Waals surface area contributed by atoms with Crippen LogP contribution in [0, 0.1) is 0 Å². The van der Waals surface area contributed by atoms with E-state index in [1.54, 1.807) is 4.68 Å². The predicted molar refractivity (Wildman–Crippen MR) is 125 cm³/mol. The number of rotatable bonds is 4. The molecule has 0 atom stereocenters. The minimum Gasteiger partial charge on any atom is -0.378 e. The summed E-state index contributed by atoms with van der Waals surface area (Å²) in [5.74, 6) is 2.27. The van der Waals surface area contributed by atoms with Crippen molar-refractivity contribution in [1.82, 2.24) is 29.3 Å². The number of benzene rings is 1. The van der Waals surface area contributed by atoms with Gasteiger partial charge in [-0.1, -0.05) is 36.4 Å². The number of ether oxygens (including phenoxy) is 2. The molecular formula is C24H25N7O2. The van der Waals surface area contributed by atoms with Gasteiger partial charge < -0.3 is 18.9 Å². The lowest BCUT2D eigenvalue weighted by Crippen LogP contribution is -2.37. The van der Waals surface area contributed by atoms with Gasteiger partial charge in [-0.2, -0.15) is 15.1 Å². The van der Waals surface area contributed by atoms with Crippen LogP contribution in [-0.2, 0) is 16.5 Å². The third-order valence-corrected chi connectivity index (χ3v) is 6.11. The fourth-order valence-electron chi connectivity index (χ4n) is 4.35. The van der Waals surface area contributed by atoms with Gasteiger partial charge in [0, 0.05) is 31.9 Å². The zero-order valence-corrected chi connectivity index (χ0v) is 18.5. The van der Waals surface area contributed by atoms with Crippen molar-refractivity contribution in [2.75, 3.05) is 44.4 Å². The molecular weight excluding hydrogens is 418 g/mol.